The molecule has 0 aliphatic rings. The summed E-state index contributed by atoms with van der Waals surface area (Å²) in [7, 11) is 0. The molecule has 8 nitrogen and oxygen atoms in total. The van der Waals surface area contributed by atoms with Crippen LogP contribution in [0, 0.1) is 10.1 Å². The van der Waals surface area contributed by atoms with Gasteiger partial charge in [-0.1, -0.05) is 6.07 Å². The molecular weight excluding hydrogens is 294 g/mol. The fourth-order valence-electron chi connectivity index (χ4n) is 1.73. The fourth-order valence-corrected chi connectivity index (χ4v) is 1.73. The van der Waals surface area contributed by atoms with Crippen LogP contribution in [0.4, 0.5) is 5.69 Å². The number of hydrogen-bond donors (Lipinski definition) is 0. The lowest BCUT2D eigenvalue weighted by Gasteiger charge is -2.11. The molecule has 22 heavy (non-hydrogen) atoms. The number of nitro benzene ring substituents is 1. The maximum Gasteiger partial charge on any atom is 0.344 e. The van der Waals surface area contributed by atoms with Crippen molar-refractivity contribution in [1.82, 2.24) is 0 Å². The zero-order chi connectivity index (χ0) is 16.5. The van der Waals surface area contributed by atoms with Crippen molar-refractivity contribution in [3.05, 3.63) is 33.9 Å². The Morgan fingerprint density at radius 2 is 1.77 bits per heavy atom. The normalized spacial score (nSPS) is 9.91. The monoisotopic (exact) mass is 311 g/mol. The van der Waals surface area contributed by atoms with E-state index in [1.165, 1.54) is 18.2 Å². The van der Waals surface area contributed by atoms with Crippen LogP contribution in [0.3, 0.4) is 0 Å². The highest BCUT2D eigenvalue weighted by atomic mass is 16.6. The van der Waals surface area contributed by atoms with Crippen LogP contribution < -0.4 is 4.74 Å². The van der Waals surface area contributed by atoms with Crippen LogP contribution in [0.5, 0.6) is 5.75 Å². The van der Waals surface area contributed by atoms with Crippen molar-refractivity contribution in [2.45, 2.75) is 20.3 Å². The molecule has 0 N–H and O–H groups in total. The van der Waals surface area contributed by atoms with Gasteiger partial charge in [-0.05, 0) is 19.9 Å². The van der Waals surface area contributed by atoms with E-state index in [1.807, 2.05) is 0 Å². The van der Waals surface area contributed by atoms with E-state index in [-0.39, 0.29) is 36.6 Å². The molecule has 0 saturated carbocycles. The summed E-state index contributed by atoms with van der Waals surface area (Å²) >= 11 is 0. The van der Waals surface area contributed by atoms with Crippen LogP contribution in [0.1, 0.15) is 19.4 Å². The highest BCUT2D eigenvalue weighted by molar-refractivity contribution is 5.76. The van der Waals surface area contributed by atoms with Crippen LogP contribution in [-0.2, 0) is 25.5 Å². The Morgan fingerprint density at radius 1 is 1.14 bits per heavy atom. The first-order valence-corrected chi connectivity index (χ1v) is 6.69. The fraction of sp³-hybridized carbons (Fsp3) is 0.429. The van der Waals surface area contributed by atoms with Gasteiger partial charge in [0.1, 0.15) is 5.75 Å². The molecule has 0 fully saturated rings. The summed E-state index contributed by atoms with van der Waals surface area (Å²) in [5, 5.41) is 11.1. The molecule has 8 heteroatoms. The summed E-state index contributed by atoms with van der Waals surface area (Å²) in [6.07, 6.45) is -0.316. The predicted octanol–water partition coefficient (Wildman–Crippen LogP) is 1.64. The first kappa shape index (κ1) is 17.4. The van der Waals surface area contributed by atoms with Gasteiger partial charge in [0.2, 0.25) is 0 Å². The topological polar surface area (TPSA) is 105 Å². The van der Waals surface area contributed by atoms with Gasteiger partial charge in [0.15, 0.2) is 6.61 Å². The van der Waals surface area contributed by atoms with Gasteiger partial charge >= 0.3 is 11.9 Å². The Hall–Kier alpha value is -2.64. The number of hydrogen-bond acceptors (Lipinski definition) is 7. The number of benzene rings is 1. The standard InChI is InChI=1S/C14H17NO7/c1-3-20-13(16)8-10-11(15(18)19)6-5-7-12(10)22-9-14(17)21-4-2/h5-7H,3-4,8-9H2,1-2H3. The largest absolute Gasteiger partial charge is 0.481 e. The summed E-state index contributed by atoms with van der Waals surface area (Å²) in [5.41, 5.74) is -0.204. The first-order chi connectivity index (χ1) is 10.5. The molecule has 1 rings (SSSR count). The van der Waals surface area contributed by atoms with E-state index in [9.17, 15) is 19.7 Å². The molecule has 0 atom stereocenters. The van der Waals surface area contributed by atoms with E-state index in [4.69, 9.17) is 14.2 Å². The third-order valence-corrected chi connectivity index (χ3v) is 2.58. The molecule has 1 aromatic rings. The minimum absolute atomic E-state index is 0.0650. The summed E-state index contributed by atoms with van der Waals surface area (Å²) in [6.45, 7) is 3.25. The minimum atomic E-state index is -0.619. The maximum absolute atomic E-state index is 11.6. The Labute approximate surface area is 127 Å². The Morgan fingerprint density at radius 3 is 2.36 bits per heavy atom. The zero-order valence-electron chi connectivity index (χ0n) is 12.4. The number of rotatable bonds is 8. The molecule has 0 aliphatic heterocycles. The molecule has 0 spiro atoms. The van der Waals surface area contributed by atoms with Gasteiger partial charge in [-0.25, -0.2) is 4.79 Å². The molecule has 0 aromatic heterocycles. The quantitative estimate of drug-likeness (QED) is 0.408. The van der Waals surface area contributed by atoms with Crippen LogP contribution >= 0.6 is 0 Å². The lowest BCUT2D eigenvalue weighted by molar-refractivity contribution is -0.385. The molecule has 0 amide bonds. The van der Waals surface area contributed by atoms with Crippen molar-refractivity contribution < 1.29 is 28.7 Å². The van der Waals surface area contributed by atoms with Crippen molar-refractivity contribution in [2.75, 3.05) is 19.8 Å². The molecule has 120 valence electrons. The average molecular weight is 311 g/mol. The number of ether oxygens (including phenoxy) is 3. The van der Waals surface area contributed by atoms with E-state index >= 15 is 0 Å². The maximum atomic E-state index is 11.6. The van der Waals surface area contributed by atoms with Crippen molar-refractivity contribution in [3.8, 4) is 5.75 Å². The number of nitro groups is 1. The van der Waals surface area contributed by atoms with E-state index in [0.717, 1.165) is 0 Å². The number of esters is 2. The average Bonchev–Trinajstić information content (AvgIpc) is 2.46. The lowest BCUT2D eigenvalue weighted by Crippen LogP contribution is -2.16. The van der Waals surface area contributed by atoms with Crippen molar-refractivity contribution in [3.63, 3.8) is 0 Å². The number of carbonyl (C=O) groups excluding carboxylic acids is 2. The highest BCUT2D eigenvalue weighted by Crippen LogP contribution is 2.29. The Bertz CT molecular complexity index is 556. The minimum Gasteiger partial charge on any atom is -0.481 e. The summed E-state index contributed by atoms with van der Waals surface area (Å²) in [5.74, 6) is -1.14. The number of carbonyl (C=O) groups is 2. The van der Waals surface area contributed by atoms with Gasteiger partial charge in [0.25, 0.3) is 5.69 Å². The highest BCUT2D eigenvalue weighted by Gasteiger charge is 2.22. The van der Waals surface area contributed by atoms with Gasteiger partial charge in [0.05, 0.1) is 30.1 Å². The van der Waals surface area contributed by atoms with E-state index in [2.05, 4.69) is 0 Å². The lowest BCUT2D eigenvalue weighted by atomic mass is 10.1. The zero-order valence-corrected chi connectivity index (χ0v) is 12.4. The summed E-state index contributed by atoms with van der Waals surface area (Å²) < 4.78 is 14.7. The van der Waals surface area contributed by atoms with Gasteiger partial charge in [-0.2, -0.15) is 0 Å². The molecule has 0 radical (unpaired) electrons. The van der Waals surface area contributed by atoms with Crippen LogP contribution in [0.25, 0.3) is 0 Å². The van der Waals surface area contributed by atoms with Gasteiger partial charge in [-0.15, -0.1) is 0 Å². The van der Waals surface area contributed by atoms with Crippen LogP contribution in [0.15, 0.2) is 18.2 Å². The molecule has 1 aromatic carbocycles. The third kappa shape index (κ3) is 5.04. The Kier molecular flexibility index (Phi) is 6.81. The van der Waals surface area contributed by atoms with Crippen molar-refractivity contribution >= 4 is 17.6 Å². The SMILES string of the molecule is CCOC(=O)COc1cccc([N+](=O)[O-])c1CC(=O)OCC. The van der Waals surface area contributed by atoms with Crippen molar-refractivity contribution in [1.29, 1.82) is 0 Å². The predicted molar refractivity (Wildman–Crippen MR) is 75.6 cm³/mol. The van der Waals surface area contributed by atoms with Crippen LogP contribution in [-0.4, -0.2) is 36.7 Å². The van der Waals surface area contributed by atoms with E-state index < -0.39 is 23.5 Å². The molecule has 0 bridgehead atoms. The molecular formula is C14H17NO7. The molecule has 0 heterocycles. The van der Waals surface area contributed by atoms with E-state index in [1.54, 1.807) is 13.8 Å². The molecule has 0 unspecified atom stereocenters. The Balaban J connectivity index is 2.99. The molecule has 0 saturated heterocycles. The molecule has 0 aliphatic carbocycles. The summed E-state index contributed by atoms with van der Waals surface area (Å²) in [4.78, 5) is 33.3. The smallest absolute Gasteiger partial charge is 0.344 e. The van der Waals surface area contributed by atoms with Gasteiger partial charge < -0.3 is 14.2 Å². The van der Waals surface area contributed by atoms with Gasteiger partial charge in [0, 0.05) is 6.07 Å². The second kappa shape index (κ2) is 8.60. The van der Waals surface area contributed by atoms with Crippen molar-refractivity contribution in [2.24, 2.45) is 0 Å². The second-order valence-electron chi connectivity index (χ2n) is 4.09. The summed E-state index contributed by atoms with van der Waals surface area (Å²) in [6, 6.07) is 4.11. The van der Waals surface area contributed by atoms with E-state index in [0.29, 0.717) is 0 Å². The second-order valence-corrected chi connectivity index (χ2v) is 4.09. The third-order valence-electron chi connectivity index (χ3n) is 2.58. The first-order valence-electron chi connectivity index (χ1n) is 6.69. The van der Waals surface area contributed by atoms with Crippen LogP contribution in [0.2, 0.25) is 0 Å². The number of nitrogens with zero attached hydrogens (tertiary/aromatic N) is 1. The van der Waals surface area contributed by atoms with Gasteiger partial charge in [-0.3, -0.25) is 14.9 Å².